The summed E-state index contributed by atoms with van der Waals surface area (Å²) in [5, 5.41) is 11.8. The Morgan fingerprint density at radius 3 is 2.80 bits per heavy atom. The third kappa shape index (κ3) is 4.97. The van der Waals surface area contributed by atoms with E-state index in [1.165, 1.54) is 4.90 Å². The number of nitrogens with zero attached hydrogens (tertiary/aromatic N) is 1. The first kappa shape index (κ1) is 16.7. The van der Waals surface area contributed by atoms with Gasteiger partial charge in [0, 0.05) is 20.2 Å². The topological polar surface area (TPSA) is 88.1 Å². The Hall–Kier alpha value is -1.34. The molecule has 0 saturated carbocycles. The van der Waals surface area contributed by atoms with Crippen molar-refractivity contribution in [1.82, 2.24) is 10.2 Å². The van der Waals surface area contributed by atoms with Crippen LogP contribution in [0.4, 0.5) is 4.79 Å². The first-order chi connectivity index (χ1) is 9.57. The fourth-order valence-electron chi connectivity index (χ4n) is 2.01. The van der Waals surface area contributed by atoms with Crippen LogP contribution >= 0.6 is 0 Å². The number of aliphatic carboxylic acids is 1. The number of likely N-dealkylation sites (N-methyl/N-ethyl adjacent to an activating group) is 1. The smallest absolute Gasteiger partial charge is 0.317 e. The Bertz CT molecular complexity index is 324. The number of hydrogen-bond donors (Lipinski definition) is 2. The average Bonchev–Trinajstić information content (AvgIpc) is 2.91. The number of rotatable bonds is 8. The molecule has 7 nitrogen and oxygen atoms in total. The highest BCUT2D eigenvalue weighted by Gasteiger charge is 2.38. The van der Waals surface area contributed by atoms with Crippen LogP contribution in [0, 0.1) is 5.92 Å². The normalized spacial score (nSPS) is 21.7. The molecule has 0 aliphatic carbocycles. The second-order valence-corrected chi connectivity index (χ2v) is 4.86. The van der Waals surface area contributed by atoms with Crippen molar-refractivity contribution >= 4 is 12.0 Å². The molecule has 0 aromatic rings. The van der Waals surface area contributed by atoms with Crippen LogP contribution in [-0.4, -0.2) is 68.1 Å². The molecular formula is C13H24N2O5. The summed E-state index contributed by atoms with van der Waals surface area (Å²) in [6, 6.07) is -0.723. The second-order valence-electron chi connectivity index (χ2n) is 4.86. The number of nitrogens with one attached hydrogen (secondary N) is 1. The monoisotopic (exact) mass is 288 g/mol. The van der Waals surface area contributed by atoms with Crippen LogP contribution in [0.2, 0.25) is 0 Å². The number of carbonyl (C=O) groups excluding carboxylic acids is 1. The molecule has 0 spiro atoms. The number of unbranched alkanes of at least 4 members (excludes halogenated alkanes) is 1. The van der Waals surface area contributed by atoms with E-state index in [2.05, 4.69) is 12.2 Å². The van der Waals surface area contributed by atoms with Crippen molar-refractivity contribution in [3.63, 3.8) is 0 Å². The van der Waals surface area contributed by atoms with Crippen molar-refractivity contribution in [2.75, 3.05) is 40.0 Å². The van der Waals surface area contributed by atoms with E-state index >= 15 is 0 Å². The zero-order valence-electron chi connectivity index (χ0n) is 12.1. The van der Waals surface area contributed by atoms with Crippen molar-refractivity contribution < 1.29 is 24.2 Å². The number of hydrogen-bond acceptors (Lipinski definition) is 4. The number of carbonyl (C=O) groups is 2. The zero-order valence-corrected chi connectivity index (χ0v) is 12.1. The van der Waals surface area contributed by atoms with Gasteiger partial charge < -0.3 is 24.8 Å². The molecule has 1 rings (SSSR count). The summed E-state index contributed by atoms with van der Waals surface area (Å²) in [6.07, 6.45) is 2.08. The molecule has 0 bridgehead atoms. The standard InChI is InChI=1S/C13H24N2O5/c1-3-4-6-19-7-5-14-13(18)15(2)11-9-20-8-10(11)12(16)17/h10-11H,3-9H2,1-2H3,(H,14,18)(H,16,17). The Kier molecular flexibility index (Phi) is 7.32. The van der Waals surface area contributed by atoms with Gasteiger partial charge in [-0.3, -0.25) is 4.79 Å². The highest BCUT2D eigenvalue weighted by Crippen LogP contribution is 2.18. The van der Waals surface area contributed by atoms with Gasteiger partial charge in [0.25, 0.3) is 0 Å². The van der Waals surface area contributed by atoms with Crippen molar-refractivity contribution in [3.8, 4) is 0 Å². The number of amides is 2. The minimum absolute atomic E-state index is 0.151. The largest absolute Gasteiger partial charge is 0.481 e. The molecule has 2 atom stereocenters. The Morgan fingerprint density at radius 2 is 2.15 bits per heavy atom. The van der Waals surface area contributed by atoms with Gasteiger partial charge in [0.15, 0.2) is 0 Å². The molecule has 2 N–H and O–H groups in total. The van der Waals surface area contributed by atoms with Crippen molar-refractivity contribution in [3.05, 3.63) is 0 Å². The summed E-state index contributed by atoms with van der Waals surface area (Å²) in [5.41, 5.74) is 0. The SMILES string of the molecule is CCCCOCCNC(=O)N(C)C1COCC1C(=O)O. The molecule has 7 heteroatoms. The summed E-state index contributed by atoms with van der Waals surface area (Å²) >= 11 is 0. The predicted molar refractivity (Wildman–Crippen MR) is 72.6 cm³/mol. The van der Waals surface area contributed by atoms with Gasteiger partial charge in [-0.05, 0) is 6.42 Å². The van der Waals surface area contributed by atoms with Crippen LogP contribution in [0.3, 0.4) is 0 Å². The Labute approximate surface area is 119 Å². The van der Waals surface area contributed by atoms with Gasteiger partial charge in [0.2, 0.25) is 0 Å². The first-order valence-electron chi connectivity index (χ1n) is 6.96. The second kappa shape index (κ2) is 8.76. The van der Waals surface area contributed by atoms with Gasteiger partial charge in [-0.25, -0.2) is 4.79 Å². The molecule has 1 heterocycles. The molecule has 0 radical (unpaired) electrons. The third-order valence-corrected chi connectivity index (χ3v) is 3.35. The van der Waals surface area contributed by atoms with Crippen molar-refractivity contribution in [2.45, 2.75) is 25.8 Å². The van der Waals surface area contributed by atoms with Gasteiger partial charge in [-0.15, -0.1) is 0 Å². The van der Waals surface area contributed by atoms with Gasteiger partial charge in [0.05, 0.1) is 25.9 Å². The number of carboxylic acid groups (broad SMARTS) is 1. The van der Waals surface area contributed by atoms with Crippen LogP contribution < -0.4 is 5.32 Å². The maximum absolute atomic E-state index is 11.9. The van der Waals surface area contributed by atoms with Crippen molar-refractivity contribution in [2.24, 2.45) is 5.92 Å². The van der Waals surface area contributed by atoms with Crippen LogP contribution in [0.15, 0.2) is 0 Å². The fraction of sp³-hybridized carbons (Fsp3) is 0.846. The third-order valence-electron chi connectivity index (χ3n) is 3.35. The Morgan fingerprint density at radius 1 is 1.40 bits per heavy atom. The number of ether oxygens (including phenoxy) is 2. The molecule has 1 fully saturated rings. The lowest BCUT2D eigenvalue weighted by Crippen LogP contribution is -2.48. The summed E-state index contributed by atoms with van der Waals surface area (Å²) in [5.74, 6) is -1.60. The van der Waals surface area contributed by atoms with E-state index in [1.54, 1.807) is 7.05 Å². The number of carboxylic acids is 1. The van der Waals surface area contributed by atoms with Crippen LogP contribution in [0.5, 0.6) is 0 Å². The molecule has 1 aliphatic rings. The van der Waals surface area contributed by atoms with Gasteiger partial charge in [-0.1, -0.05) is 13.3 Å². The summed E-state index contributed by atoms with van der Waals surface area (Å²) < 4.78 is 10.5. The van der Waals surface area contributed by atoms with E-state index in [9.17, 15) is 9.59 Å². The molecule has 20 heavy (non-hydrogen) atoms. The quantitative estimate of drug-likeness (QED) is 0.637. The van der Waals surface area contributed by atoms with E-state index in [0.29, 0.717) is 19.8 Å². The summed E-state index contributed by atoms with van der Waals surface area (Å²) in [4.78, 5) is 24.3. The Balaban J connectivity index is 2.26. The summed E-state index contributed by atoms with van der Waals surface area (Å²) in [6.45, 7) is 4.06. The lowest BCUT2D eigenvalue weighted by molar-refractivity contribution is -0.142. The molecule has 1 aliphatic heterocycles. The van der Waals surface area contributed by atoms with Gasteiger partial charge in [0.1, 0.15) is 5.92 Å². The molecular weight excluding hydrogens is 264 g/mol. The fourth-order valence-corrected chi connectivity index (χ4v) is 2.01. The van der Waals surface area contributed by atoms with E-state index in [-0.39, 0.29) is 19.2 Å². The lowest BCUT2D eigenvalue weighted by atomic mass is 10.0. The van der Waals surface area contributed by atoms with E-state index < -0.39 is 17.9 Å². The van der Waals surface area contributed by atoms with E-state index in [0.717, 1.165) is 12.8 Å². The maximum atomic E-state index is 11.9. The molecule has 0 aromatic heterocycles. The van der Waals surface area contributed by atoms with Crippen LogP contribution in [-0.2, 0) is 14.3 Å². The highest BCUT2D eigenvalue weighted by atomic mass is 16.5. The van der Waals surface area contributed by atoms with E-state index in [1.807, 2.05) is 0 Å². The molecule has 116 valence electrons. The maximum Gasteiger partial charge on any atom is 0.317 e. The first-order valence-corrected chi connectivity index (χ1v) is 6.96. The van der Waals surface area contributed by atoms with Crippen molar-refractivity contribution in [1.29, 1.82) is 0 Å². The molecule has 1 saturated heterocycles. The zero-order chi connectivity index (χ0) is 15.0. The molecule has 0 aromatic carbocycles. The number of urea groups is 1. The predicted octanol–water partition coefficient (Wildman–Crippen LogP) is 0.544. The average molecular weight is 288 g/mol. The summed E-state index contributed by atoms with van der Waals surface area (Å²) in [7, 11) is 1.59. The lowest BCUT2D eigenvalue weighted by Gasteiger charge is -2.26. The molecule has 2 unspecified atom stereocenters. The molecule has 2 amide bonds. The van der Waals surface area contributed by atoms with E-state index in [4.69, 9.17) is 14.6 Å². The minimum Gasteiger partial charge on any atom is -0.481 e. The van der Waals surface area contributed by atoms with Crippen LogP contribution in [0.1, 0.15) is 19.8 Å². The minimum atomic E-state index is -0.935. The van der Waals surface area contributed by atoms with Crippen LogP contribution in [0.25, 0.3) is 0 Å². The van der Waals surface area contributed by atoms with Gasteiger partial charge in [-0.2, -0.15) is 0 Å². The van der Waals surface area contributed by atoms with Gasteiger partial charge >= 0.3 is 12.0 Å². The highest BCUT2D eigenvalue weighted by molar-refractivity contribution is 5.77.